The summed E-state index contributed by atoms with van der Waals surface area (Å²) in [5, 5.41) is 0.985. The number of hydrogen-bond acceptors (Lipinski definition) is 2. The van der Waals surface area contributed by atoms with Gasteiger partial charge in [0.2, 0.25) is 0 Å². The molecule has 0 spiro atoms. The molecular formula is C13H15NO2. The topological polar surface area (TPSA) is 31.2 Å². The van der Waals surface area contributed by atoms with E-state index in [-0.39, 0.29) is 5.78 Å². The van der Waals surface area contributed by atoms with Crippen molar-refractivity contribution in [2.45, 2.75) is 13.8 Å². The van der Waals surface area contributed by atoms with Crippen LogP contribution in [0, 0.1) is 0 Å². The average Bonchev–Trinajstić information content (AvgIpc) is 2.57. The lowest BCUT2D eigenvalue weighted by molar-refractivity contribution is 0.101. The Morgan fingerprint density at radius 3 is 2.81 bits per heavy atom. The van der Waals surface area contributed by atoms with E-state index >= 15 is 0 Å². The van der Waals surface area contributed by atoms with Crippen LogP contribution in [0.4, 0.5) is 0 Å². The Labute approximate surface area is 94.6 Å². The van der Waals surface area contributed by atoms with Crippen molar-refractivity contribution in [3.63, 3.8) is 0 Å². The van der Waals surface area contributed by atoms with E-state index in [9.17, 15) is 4.79 Å². The molecular weight excluding hydrogens is 202 g/mol. The van der Waals surface area contributed by atoms with Gasteiger partial charge >= 0.3 is 0 Å². The molecule has 2 aromatic rings. The molecule has 0 atom stereocenters. The summed E-state index contributed by atoms with van der Waals surface area (Å²) >= 11 is 0. The number of carbonyl (C=O) groups is 1. The van der Waals surface area contributed by atoms with Crippen LogP contribution in [0.25, 0.3) is 10.9 Å². The van der Waals surface area contributed by atoms with E-state index in [4.69, 9.17) is 4.74 Å². The van der Waals surface area contributed by atoms with Crippen molar-refractivity contribution >= 4 is 16.7 Å². The predicted octanol–water partition coefficient (Wildman–Crippen LogP) is 2.78. The molecule has 0 unspecified atom stereocenters. The van der Waals surface area contributed by atoms with Gasteiger partial charge in [-0.2, -0.15) is 0 Å². The summed E-state index contributed by atoms with van der Waals surface area (Å²) in [5.41, 5.74) is 1.79. The van der Waals surface area contributed by atoms with Crippen molar-refractivity contribution in [1.82, 2.24) is 4.57 Å². The minimum atomic E-state index is 0.0924. The van der Waals surface area contributed by atoms with E-state index in [0.29, 0.717) is 6.61 Å². The van der Waals surface area contributed by atoms with Gasteiger partial charge in [0, 0.05) is 30.3 Å². The molecule has 0 N–H and O–H groups in total. The molecule has 0 aliphatic rings. The maximum Gasteiger partial charge on any atom is 0.161 e. The third-order valence-electron chi connectivity index (χ3n) is 2.65. The van der Waals surface area contributed by atoms with Crippen molar-refractivity contribution in [2.75, 3.05) is 6.61 Å². The Balaban J connectivity index is 2.62. The molecule has 1 aromatic heterocycles. The van der Waals surface area contributed by atoms with Crippen molar-refractivity contribution in [3.05, 3.63) is 30.0 Å². The smallest absolute Gasteiger partial charge is 0.161 e. The largest absolute Gasteiger partial charge is 0.494 e. The number of aryl methyl sites for hydroxylation is 1. The molecule has 0 fully saturated rings. The molecule has 0 bridgehead atoms. The van der Waals surface area contributed by atoms with E-state index in [1.807, 2.05) is 42.9 Å². The van der Waals surface area contributed by atoms with E-state index in [2.05, 4.69) is 0 Å². The van der Waals surface area contributed by atoms with Gasteiger partial charge in [0.05, 0.1) is 12.1 Å². The number of ether oxygens (including phenoxy) is 1. The second-order valence-electron chi connectivity index (χ2n) is 3.82. The van der Waals surface area contributed by atoms with Gasteiger partial charge in [0.1, 0.15) is 5.75 Å². The highest BCUT2D eigenvalue weighted by atomic mass is 16.5. The summed E-state index contributed by atoms with van der Waals surface area (Å²) < 4.78 is 7.39. The molecule has 0 amide bonds. The van der Waals surface area contributed by atoms with Gasteiger partial charge in [-0.05, 0) is 26.0 Å². The fourth-order valence-corrected chi connectivity index (χ4v) is 1.90. The zero-order valence-corrected chi connectivity index (χ0v) is 9.78. The van der Waals surface area contributed by atoms with Crippen LogP contribution in [0.1, 0.15) is 24.2 Å². The van der Waals surface area contributed by atoms with Crippen LogP contribution in [0.5, 0.6) is 5.75 Å². The number of fused-ring (bicyclic) bond motifs is 1. The lowest BCUT2D eigenvalue weighted by Crippen LogP contribution is -1.92. The summed E-state index contributed by atoms with van der Waals surface area (Å²) in [4.78, 5) is 11.4. The Morgan fingerprint density at radius 2 is 2.19 bits per heavy atom. The maximum atomic E-state index is 11.4. The SMILES string of the molecule is CCOc1ccc2c(C(C)=O)cn(C)c2c1. The number of ketones is 1. The molecule has 16 heavy (non-hydrogen) atoms. The van der Waals surface area contributed by atoms with Gasteiger partial charge in [0.15, 0.2) is 5.78 Å². The Morgan fingerprint density at radius 1 is 1.44 bits per heavy atom. The zero-order valence-electron chi connectivity index (χ0n) is 9.78. The van der Waals surface area contributed by atoms with Gasteiger partial charge in [-0.25, -0.2) is 0 Å². The van der Waals surface area contributed by atoms with E-state index in [0.717, 1.165) is 22.2 Å². The predicted molar refractivity (Wildman–Crippen MR) is 64.1 cm³/mol. The highest BCUT2D eigenvalue weighted by Crippen LogP contribution is 2.25. The van der Waals surface area contributed by atoms with Crippen LogP contribution < -0.4 is 4.74 Å². The number of aromatic nitrogens is 1. The molecule has 84 valence electrons. The van der Waals surface area contributed by atoms with Crippen LogP contribution in [0.15, 0.2) is 24.4 Å². The Bertz CT molecular complexity index is 540. The standard InChI is InChI=1S/C13H15NO2/c1-4-16-10-5-6-11-12(9(2)15)8-14(3)13(11)7-10/h5-8H,4H2,1-3H3. The molecule has 1 heterocycles. The van der Waals surface area contributed by atoms with Crippen molar-refractivity contribution in [3.8, 4) is 5.75 Å². The minimum Gasteiger partial charge on any atom is -0.494 e. The first-order valence-corrected chi connectivity index (χ1v) is 5.36. The number of benzene rings is 1. The third kappa shape index (κ3) is 1.69. The highest BCUT2D eigenvalue weighted by Gasteiger charge is 2.10. The molecule has 0 saturated heterocycles. The molecule has 1 aromatic carbocycles. The fraction of sp³-hybridized carbons (Fsp3) is 0.308. The average molecular weight is 217 g/mol. The first-order valence-electron chi connectivity index (χ1n) is 5.36. The molecule has 3 heteroatoms. The van der Waals surface area contributed by atoms with Gasteiger partial charge in [0.25, 0.3) is 0 Å². The van der Waals surface area contributed by atoms with Crippen LogP contribution >= 0.6 is 0 Å². The second-order valence-corrected chi connectivity index (χ2v) is 3.82. The number of Topliss-reactive ketones (excluding diaryl/α,β-unsaturated/α-hetero) is 1. The Hall–Kier alpha value is -1.77. The Kier molecular flexibility index (Phi) is 2.69. The normalized spacial score (nSPS) is 10.7. The highest BCUT2D eigenvalue weighted by molar-refractivity contribution is 6.07. The first kappa shape index (κ1) is 10.7. The monoisotopic (exact) mass is 217 g/mol. The molecule has 0 saturated carbocycles. The zero-order chi connectivity index (χ0) is 11.7. The summed E-state index contributed by atoms with van der Waals surface area (Å²) in [6, 6.07) is 5.81. The van der Waals surface area contributed by atoms with Crippen molar-refractivity contribution in [1.29, 1.82) is 0 Å². The van der Waals surface area contributed by atoms with Crippen LogP contribution in [0.3, 0.4) is 0 Å². The maximum absolute atomic E-state index is 11.4. The quantitative estimate of drug-likeness (QED) is 0.740. The fourth-order valence-electron chi connectivity index (χ4n) is 1.90. The first-order chi connectivity index (χ1) is 7.63. The molecule has 2 rings (SSSR count). The second kappa shape index (κ2) is 4.00. The molecule has 0 aliphatic heterocycles. The van der Waals surface area contributed by atoms with Gasteiger partial charge in [-0.1, -0.05) is 0 Å². The number of hydrogen-bond donors (Lipinski definition) is 0. The van der Waals surface area contributed by atoms with E-state index in [1.54, 1.807) is 6.92 Å². The number of nitrogens with zero attached hydrogens (tertiary/aromatic N) is 1. The van der Waals surface area contributed by atoms with Crippen molar-refractivity contribution in [2.24, 2.45) is 7.05 Å². The summed E-state index contributed by atoms with van der Waals surface area (Å²) in [6.07, 6.45) is 1.86. The van der Waals surface area contributed by atoms with E-state index in [1.165, 1.54) is 0 Å². The van der Waals surface area contributed by atoms with Crippen LogP contribution in [-0.2, 0) is 7.05 Å². The van der Waals surface area contributed by atoms with Crippen LogP contribution in [0.2, 0.25) is 0 Å². The van der Waals surface area contributed by atoms with Gasteiger partial charge in [-0.3, -0.25) is 4.79 Å². The molecule has 3 nitrogen and oxygen atoms in total. The third-order valence-corrected chi connectivity index (χ3v) is 2.65. The number of rotatable bonds is 3. The lowest BCUT2D eigenvalue weighted by Gasteiger charge is -2.03. The number of carbonyl (C=O) groups excluding carboxylic acids is 1. The summed E-state index contributed by atoms with van der Waals surface area (Å²) in [7, 11) is 1.94. The lowest BCUT2D eigenvalue weighted by atomic mass is 10.1. The molecule has 0 aliphatic carbocycles. The van der Waals surface area contributed by atoms with Crippen molar-refractivity contribution < 1.29 is 9.53 Å². The summed E-state index contributed by atoms with van der Waals surface area (Å²) in [5.74, 6) is 0.932. The van der Waals surface area contributed by atoms with Gasteiger partial charge < -0.3 is 9.30 Å². The summed E-state index contributed by atoms with van der Waals surface area (Å²) in [6.45, 7) is 4.19. The molecule has 0 radical (unpaired) electrons. The minimum absolute atomic E-state index is 0.0924. The van der Waals surface area contributed by atoms with Gasteiger partial charge in [-0.15, -0.1) is 0 Å². The van der Waals surface area contributed by atoms with E-state index < -0.39 is 0 Å². The van der Waals surface area contributed by atoms with Crippen LogP contribution in [-0.4, -0.2) is 17.0 Å².